The summed E-state index contributed by atoms with van der Waals surface area (Å²) in [5.74, 6) is 0.0137. The topological polar surface area (TPSA) is 41.1 Å². The van der Waals surface area contributed by atoms with E-state index < -0.39 is 0 Å². The van der Waals surface area contributed by atoms with Crippen molar-refractivity contribution in [2.75, 3.05) is 11.9 Å². The number of halogens is 1. The number of hydrogen-bond donors (Lipinski definition) is 2. The lowest BCUT2D eigenvalue weighted by atomic mass is 10.2. The Bertz CT molecular complexity index is 540. The molecule has 1 amide bonds. The van der Waals surface area contributed by atoms with Gasteiger partial charge in [-0.3, -0.25) is 4.79 Å². The van der Waals surface area contributed by atoms with Crippen LogP contribution in [0.5, 0.6) is 0 Å². The highest BCUT2D eigenvalue weighted by Crippen LogP contribution is 2.09. The number of anilines is 1. The fourth-order valence-electron chi connectivity index (χ4n) is 1.78. The molecule has 0 aliphatic heterocycles. The molecule has 0 fully saturated rings. The number of hydrogen-bond acceptors (Lipinski definition) is 2. The van der Waals surface area contributed by atoms with Crippen LogP contribution in [0.1, 0.15) is 12.0 Å². The van der Waals surface area contributed by atoms with Crippen LogP contribution in [0, 0.1) is 0 Å². The maximum Gasteiger partial charge on any atom is 0.225 e. The van der Waals surface area contributed by atoms with Crippen molar-refractivity contribution in [1.29, 1.82) is 0 Å². The van der Waals surface area contributed by atoms with Gasteiger partial charge in [0.2, 0.25) is 5.91 Å². The van der Waals surface area contributed by atoms with Crippen LogP contribution >= 0.6 is 11.6 Å². The molecule has 0 bridgehead atoms. The molecule has 0 saturated carbocycles. The molecule has 0 radical (unpaired) electrons. The summed E-state index contributed by atoms with van der Waals surface area (Å²) in [4.78, 5) is 11.7. The van der Waals surface area contributed by atoms with Gasteiger partial charge < -0.3 is 10.6 Å². The maximum atomic E-state index is 11.7. The fourth-order valence-corrected chi connectivity index (χ4v) is 1.91. The standard InChI is InChI=1S/C16H17ClN2O/c17-14-8-6-13(7-9-14)12-18-11-10-16(20)19-15-4-2-1-3-5-15/h1-9,18H,10-12H2,(H,19,20). The predicted molar refractivity (Wildman–Crippen MR) is 82.8 cm³/mol. The Morgan fingerprint density at radius 2 is 1.70 bits per heavy atom. The Kier molecular flexibility index (Phi) is 5.59. The molecule has 0 saturated heterocycles. The predicted octanol–water partition coefficient (Wildman–Crippen LogP) is 3.46. The molecule has 0 aliphatic carbocycles. The van der Waals surface area contributed by atoms with E-state index in [1.165, 1.54) is 0 Å². The van der Waals surface area contributed by atoms with Gasteiger partial charge in [0.05, 0.1) is 0 Å². The van der Waals surface area contributed by atoms with Crippen LogP contribution in [0.2, 0.25) is 5.02 Å². The zero-order valence-corrected chi connectivity index (χ0v) is 11.9. The van der Waals surface area contributed by atoms with Crippen molar-refractivity contribution < 1.29 is 4.79 Å². The summed E-state index contributed by atoms with van der Waals surface area (Å²) in [5, 5.41) is 6.82. The van der Waals surface area contributed by atoms with Gasteiger partial charge in [0.25, 0.3) is 0 Å². The van der Waals surface area contributed by atoms with Crippen molar-refractivity contribution in [3.05, 3.63) is 65.2 Å². The van der Waals surface area contributed by atoms with Crippen LogP contribution in [0.25, 0.3) is 0 Å². The molecule has 0 aliphatic rings. The SMILES string of the molecule is O=C(CCNCc1ccc(Cl)cc1)Nc1ccccc1. The summed E-state index contributed by atoms with van der Waals surface area (Å²) in [5.41, 5.74) is 1.98. The minimum atomic E-state index is 0.0137. The first kappa shape index (κ1) is 14.6. The van der Waals surface area contributed by atoms with E-state index in [9.17, 15) is 4.79 Å². The molecule has 2 N–H and O–H groups in total. The van der Waals surface area contributed by atoms with E-state index in [1.54, 1.807) is 0 Å². The van der Waals surface area contributed by atoms with E-state index in [2.05, 4.69) is 10.6 Å². The van der Waals surface area contributed by atoms with Gasteiger partial charge in [0.1, 0.15) is 0 Å². The lowest BCUT2D eigenvalue weighted by molar-refractivity contribution is -0.116. The average molecular weight is 289 g/mol. The molecule has 20 heavy (non-hydrogen) atoms. The lowest BCUT2D eigenvalue weighted by Gasteiger charge is -2.06. The number of amides is 1. The summed E-state index contributed by atoms with van der Waals surface area (Å²) in [6, 6.07) is 17.1. The lowest BCUT2D eigenvalue weighted by Crippen LogP contribution is -2.21. The van der Waals surface area contributed by atoms with Gasteiger partial charge in [-0.15, -0.1) is 0 Å². The number of benzene rings is 2. The van der Waals surface area contributed by atoms with Crippen LogP contribution < -0.4 is 10.6 Å². The molecule has 3 nitrogen and oxygen atoms in total. The first-order valence-electron chi connectivity index (χ1n) is 6.54. The number of rotatable bonds is 6. The van der Waals surface area contributed by atoms with Crippen molar-refractivity contribution in [2.45, 2.75) is 13.0 Å². The molecule has 104 valence electrons. The Morgan fingerprint density at radius 1 is 1.00 bits per heavy atom. The van der Waals surface area contributed by atoms with Crippen molar-refractivity contribution in [1.82, 2.24) is 5.32 Å². The van der Waals surface area contributed by atoms with Gasteiger partial charge in [0, 0.05) is 30.2 Å². The molecular weight excluding hydrogens is 272 g/mol. The molecule has 0 aromatic heterocycles. The van der Waals surface area contributed by atoms with Crippen LogP contribution in [0.4, 0.5) is 5.69 Å². The van der Waals surface area contributed by atoms with Crippen molar-refractivity contribution >= 4 is 23.2 Å². The van der Waals surface area contributed by atoms with Gasteiger partial charge in [-0.1, -0.05) is 41.9 Å². The molecule has 2 aromatic carbocycles. The quantitative estimate of drug-likeness (QED) is 0.799. The maximum absolute atomic E-state index is 11.7. The average Bonchev–Trinajstić information content (AvgIpc) is 2.46. The number of nitrogens with one attached hydrogen (secondary N) is 2. The number of carbonyl (C=O) groups excluding carboxylic acids is 1. The van der Waals surface area contributed by atoms with Crippen LogP contribution in [-0.2, 0) is 11.3 Å². The van der Waals surface area contributed by atoms with E-state index in [4.69, 9.17) is 11.6 Å². The highest BCUT2D eigenvalue weighted by molar-refractivity contribution is 6.30. The van der Waals surface area contributed by atoms with Gasteiger partial charge in [-0.2, -0.15) is 0 Å². The zero-order chi connectivity index (χ0) is 14.2. The first-order chi connectivity index (χ1) is 9.74. The minimum Gasteiger partial charge on any atom is -0.326 e. The van der Waals surface area contributed by atoms with Crippen molar-refractivity contribution in [3.8, 4) is 0 Å². The first-order valence-corrected chi connectivity index (χ1v) is 6.92. The Labute approximate surface area is 124 Å². The van der Waals surface area contributed by atoms with Crippen molar-refractivity contribution in [2.24, 2.45) is 0 Å². The van der Waals surface area contributed by atoms with Crippen LogP contribution in [-0.4, -0.2) is 12.5 Å². The van der Waals surface area contributed by atoms with Gasteiger partial charge in [-0.05, 0) is 29.8 Å². The Balaban J connectivity index is 1.66. The molecular formula is C16H17ClN2O. The third-order valence-corrected chi connectivity index (χ3v) is 3.08. The van der Waals surface area contributed by atoms with Gasteiger partial charge in [-0.25, -0.2) is 0 Å². The van der Waals surface area contributed by atoms with E-state index in [0.29, 0.717) is 13.0 Å². The van der Waals surface area contributed by atoms with E-state index in [-0.39, 0.29) is 5.91 Å². The van der Waals surface area contributed by atoms with E-state index in [1.807, 2.05) is 54.6 Å². The fraction of sp³-hybridized carbons (Fsp3) is 0.188. The third-order valence-electron chi connectivity index (χ3n) is 2.83. The summed E-state index contributed by atoms with van der Waals surface area (Å²) in [6.45, 7) is 1.37. The molecule has 0 atom stereocenters. The van der Waals surface area contributed by atoms with Gasteiger partial charge >= 0.3 is 0 Å². The molecule has 2 rings (SSSR count). The van der Waals surface area contributed by atoms with Gasteiger partial charge in [0.15, 0.2) is 0 Å². The second kappa shape index (κ2) is 7.68. The monoisotopic (exact) mass is 288 g/mol. The van der Waals surface area contributed by atoms with Crippen LogP contribution in [0.3, 0.4) is 0 Å². The number of para-hydroxylation sites is 1. The minimum absolute atomic E-state index is 0.0137. The normalized spacial score (nSPS) is 10.2. The summed E-state index contributed by atoms with van der Waals surface area (Å²) >= 11 is 5.82. The summed E-state index contributed by atoms with van der Waals surface area (Å²) < 4.78 is 0. The molecule has 0 heterocycles. The zero-order valence-electron chi connectivity index (χ0n) is 11.1. The second-order valence-electron chi connectivity index (χ2n) is 4.47. The second-order valence-corrected chi connectivity index (χ2v) is 4.90. The number of carbonyl (C=O) groups is 1. The molecule has 0 spiro atoms. The Hall–Kier alpha value is -1.84. The third kappa shape index (κ3) is 5.03. The smallest absolute Gasteiger partial charge is 0.225 e. The van der Waals surface area contributed by atoms with E-state index >= 15 is 0 Å². The van der Waals surface area contributed by atoms with Crippen LogP contribution in [0.15, 0.2) is 54.6 Å². The highest BCUT2D eigenvalue weighted by atomic mass is 35.5. The van der Waals surface area contributed by atoms with Crippen molar-refractivity contribution in [3.63, 3.8) is 0 Å². The molecule has 0 unspecified atom stereocenters. The summed E-state index contributed by atoms with van der Waals surface area (Å²) in [7, 11) is 0. The highest BCUT2D eigenvalue weighted by Gasteiger charge is 2.01. The molecule has 2 aromatic rings. The summed E-state index contributed by atoms with van der Waals surface area (Å²) in [6.07, 6.45) is 0.447. The Morgan fingerprint density at radius 3 is 2.40 bits per heavy atom. The van der Waals surface area contributed by atoms with E-state index in [0.717, 1.165) is 22.8 Å². The largest absolute Gasteiger partial charge is 0.326 e. The molecule has 4 heteroatoms.